The number of carbonyl (C=O) groups is 1. The van der Waals surface area contributed by atoms with Gasteiger partial charge in [-0.15, -0.1) is 12.8 Å². The molecule has 110 valence electrons. The van der Waals surface area contributed by atoms with Crippen LogP contribution in [-0.2, 0) is 4.79 Å². The van der Waals surface area contributed by atoms with Crippen LogP contribution in [0.4, 0.5) is 5.69 Å². The van der Waals surface area contributed by atoms with E-state index in [2.05, 4.69) is 11.8 Å². The second-order valence-electron chi connectivity index (χ2n) is 4.17. The first-order chi connectivity index (χ1) is 10.6. The molecule has 0 aliphatic rings. The molecule has 0 spiro atoms. The molecule has 1 aromatic rings. The number of nitrogens with zero attached hydrogens (tertiary/aromatic N) is 2. The van der Waals surface area contributed by atoms with E-state index in [1.807, 2.05) is 0 Å². The number of hydrogen-bond donors (Lipinski definition) is 1. The zero-order valence-electron chi connectivity index (χ0n) is 12.0. The average Bonchev–Trinajstić information content (AvgIpc) is 2.52. The van der Waals surface area contributed by atoms with Crippen molar-refractivity contribution in [2.24, 2.45) is 0 Å². The number of carboxylic acid groups (broad SMARTS) is 1. The Morgan fingerprint density at radius 3 is 2.50 bits per heavy atom. The first kappa shape index (κ1) is 16.7. The number of nitriles is 1. The van der Waals surface area contributed by atoms with Crippen LogP contribution >= 0.6 is 0 Å². The highest BCUT2D eigenvalue weighted by Gasteiger charge is 2.11. The number of terminal acetylenes is 2. The largest absolute Gasteiger partial charge is 0.496 e. The fourth-order valence-electron chi connectivity index (χ4n) is 1.77. The normalized spacial score (nSPS) is 10.0. The van der Waals surface area contributed by atoms with E-state index < -0.39 is 5.97 Å². The molecule has 1 aromatic carbocycles. The van der Waals surface area contributed by atoms with Crippen LogP contribution in [0.5, 0.6) is 5.75 Å². The fraction of sp³-hybridized carbons (Fsp3) is 0.176. The van der Waals surface area contributed by atoms with E-state index in [1.165, 1.54) is 13.2 Å². The van der Waals surface area contributed by atoms with Crippen LogP contribution < -0.4 is 9.64 Å². The van der Waals surface area contributed by atoms with Crippen molar-refractivity contribution in [3.8, 4) is 36.5 Å². The lowest BCUT2D eigenvalue weighted by molar-refractivity contribution is -0.132. The topological polar surface area (TPSA) is 73.6 Å². The number of rotatable bonds is 6. The Labute approximate surface area is 129 Å². The molecule has 1 N–H and O–H groups in total. The molecule has 5 heteroatoms. The highest BCUT2D eigenvalue weighted by Crippen LogP contribution is 2.27. The molecule has 1 rings (SSSR count). The fourth-order valence-corrected chi connectivity index (χ4v) is 1.77. The molecule has 0 aliphatic carbocycles. The molecule has 0 saturated carbocycles. The Kier molecular flexibility index (Phi) is 6.10. The molecule has 0 unspecified atom stereocenters. The minimum absolute atomic E-state index is 0.334. The number of carboxylic acids is 1. The Morgan fingerprint density at radius 2 is 2.05 bits per heavy atom. The van der Waals surface area contributed by atoms with Gasteiger partial charge in [0.05, 0.1) is 20.2 Å². The summed E-state index contributed by atoms with van der Waals surface area (Å²) in [5.41, 5.74) is 0.848. The molecule has 0 radical (unpaired) electrons. The molecule has 5 nitrogen and oxygen atoms in total. The van der Waals surface area contributed by atoms with Crippen molar-refractivity contribution < 1.29 is 14.6 Å². The highest BCUT2D eigenvalue weighted by atomic mass is 16.5. The molecule has 0 saturated heterocycles. The van der Waals surface area contributed by atoms with Gasteiger partial charge in [-0.05, 0) is 18.2 Å². The summed E-state index contributed by atoms with van der Waals surface area (Å²) in [6, 6.07) is 6.70. The zero-order valence-corrected chi connectivity index (χ0v) is 12.0. The van der Waals surface area contributed by atoms with Crippen LogP contribution in [0.25, 0.3) is 6.08 Å². The van der Waals surface area contributed by atoms with E-state index in [9.17, 15) is 4.79 Å². The summed E-state index contributed by atoms with van der Waals surface area (Å²) in [4.78, 5) is 12.7. The standard InChI is InChI=1S/C17H14N2O3/c1-4-8-19(9-5-2)15-7-6-13(16(11-15)22-3)10-14(12-18)17(20)21/h1-2,6-7,10-11H,8-9H2,3H3,(H,20,21). The van der Waals surface area contributed by atoms with Gasteiger partial charge in [-0.1, -0.05) is 11.8 Å². The molecule has 0 aliphatic heterocycles. The molecule has 0 atom stereocenters. The van der Waals surface area contributed by atoms with E-state index in [-0.39, 0.29) is 5.57 Å². The number of ether oxygens (including phenoxy) is 1. The first-order valence-electron chi connectivity index (χ1n) is 6.22. The third kappa shape index (κ3) is 4.07. The minimum Gasteiger partial charge on any atom is -0.496 e. The van der Waals surface area contributed by atoms with Crippen LogP contribution in [0.15, 0.2) is 23.8 Å². The molecular weight excluding hydrogens is 280 g/mol. The van der Waals surface area contributed by atoms with Gasteiger partial charge < -0.3 is 14.7 Å². The lowest BCUT2D eigenvalue weighted by Crippen LogP contribution is -2.23. The zero-order chi connectivity index (χ0) is 16.5. The Hall–Kier alpha value is -3.36. The van der Waals surface area contributed by atoms with Crippen molar-refractivity contribution in [3.05, 3.63) is 29.3 Å². The van der Waals surface area contributed by atoms with E-state index in [4.69, 9.17) is 28.0 Å². The highest BCUT2D eigenvalue weighted by molar-refractivity contribution is 5.97. The minimum atomic E-state index is -1.30. The predicted octanol–water partition coefficient (Wildman–Crippen LogP) is 1.76. The van der Waals surface area contributed by atoms with Crippen molar-refractivity contribution in [2.75, 3.05) is 25.1 Å². The lowest BCUT2D eigenvalue weighted by atomic mass is 10.1. The number of methoxy groups -OCH3 is 1. The van der Waals surface area contributed by atoms with Gasteiger partial charge in [0.2, 0.25) is 0 Å². The van der Waals surface area contributed by atoms with Crippen LogP contribution in [0.2, 0.25) is 0 Å². The van der Waals surface area contributed by atoms with Crippen LogP contribution in [-0.4, -0.2) is 31.3 Å². The second-order valence-corrected chi connectivity index (χ2v) is 4.17. The summed E-state index contributed by atoms with van der Waals surface area (Å²) in [6.45, 7) is 0.669. The van der Waals surface area contributed by atoms with Gasteiger partial charge in [0.25, 0.3) is 0 Å². The second kappa shape index (κ2) is 8.04. The lowest BCUT2D eigenvalue weighted by Gasteiger charge is -2.20. The molecule has 0 amide bonds. The van der Waals surface area contributed by atoms with Crippen molar-refractivity contribution in [1.29, 1.82) is 5.26 Å². The third-order valence-corrected chi connectivity index (χ3v) is 2.80. The predicted molar refractivity (Wildman–Crippen MR) is 84.1 cm³/mol. The smallest absolute Gasteiger partial charge is 0.346 e. The van der Waals surface area contributed by atoms with Gasteiger partial charge in [-0.25, -0.2) is 4.79 Å². The van der Waals surface area contributed by atoms with E-state index in [0.29, 0.717) is 24.4 Å². The summed E-state index contributed by atoms with van der Waals surface area (Å²) in [7, 11) is 1.45. The third-order valence-electron chi connectivity index (χ3n) is 2.80. The van der Waals surface area contributed by atoms with Crippen molar-refractivity contribution >= 4 is 17.7 Å². The van der Waals surface area contributed by atoms with E-state index in [0.717, 1.165) is 5.69 Å². The average molecular weight is 294 g/mol. The summed E-state index contributed by atoms with van der Waals surface area (Å²) < 4.78 is 5.24. The van der Waals surface area contributed by atoms with Gasteiger partial charge >= 0.3 is 5.97 Å². The molecular formula is C17H14N2O3. The summed E-state index contributed by atoms with van der Waals surface area (Å²) in [6.07, 6.45) is 11.9. The van der Waals surface area contributed by atoms with Gasteiger partial charge in [-0.2, -0.15) is 5.26 Å². The van der Waals surface area contributed by atoms with Gasteiger partial charge in [-0.3, -0.25) is 0 Å². The molecule has 0 bridgehead atoms. The maximum absolute atomic E-state index is 10.9. The van der Waals surface area contributed by atoms with Gasteiger partial charge in [0.15, 0.2) is 0 Å². The Balaban J connectivity index is 3.27. The Morgan fingerprint density at radius 1 is 1.41 bits per heavy atom. The number of aliphatic carboxylic acids is 1. The monoisotopic (exact) mass is 294 g/mol. The molecule has 22 heavy (non-hydrogen) atoms. The summed E-state index contributed by atoms with van der Waals surface area (Å²) >= 11 is 0. The quantitative estimate of drug-likeness (QED) is 0.491. The number of anilines is 1. The molecule has 0 heterocycles. The molecule has 0 aromatic heterocycles. The maximum Gasteiger partial charge on any atom is 0.346 e. The molecule has 0 fully saturated rings. The number of benzene rings is 1. The van der Waals surface area contributed by atoms with Gasteiger partial charge in [0, 0.05) is 17.3 Å². The van der Waals surface area contributed by atoms with E-state index in [1.54, 1.807) is 29.2 Å². The van der Waals surface area contributed by atoms with Crippen molar-refractivity contribution in [2.45, 2.75) is 0 Å². The van der Waals surface area contributed by atoms with Crippen LogP contribution in [0, 0.1) is 36.0 Å². The van der Waals surface area contributed by atoms with Crippen molar-refractivity contribution in [1.82, 2.24) is 0 Å². The Bertz CT molecular complexity index is 699. The summed E-state index contributed by atoms with van der Waals surface area (Å²) in [5.74, 6) is 4.16. The van der Waals surface area contributed by atoms with Gasteiger partial charge in [0.1, 0.15) is 17.4 Å². The summed E-state index contributed by atoms with van der Waals surface area (Å²) in [5, 5.41) is 17.7. The SMILES string of the molecule is C#CCN(CC#C)c1ccc(C=C(C#N)C(=O)O)c(OC)c1. The van der Waals surface area contributed by atoms with Crippen LogP contribution in [0.1, 0.15) is 5.56 Å². The maximum atomic E-state index is 10.9. The van der Waals surface area contributed by atoms with Crippen molar-refractivity contribution in [3.63, 3.8) is 0 Å². The number of hydrogen-bond acceptors (Lipinski definition) is 4. The first-order valence-corrected chi connectivity index (χ1v) is 6.22. The van der Waals surface area contributed by atoms with E-state index >= 15 is 0 Å². The van der Waals surface area contributed by atoms with Crippen LogP contribution in [0.3, 0.4) is 0 Å².